The zero-order chi connectivity index (χ0) is 24.3. The van der Waals surface area contributed by atoms with Crippen LogP contribution in [0.2, 0.25) is 0 Å². The van der Waals surface area contributed by atoms with Crippen LogP contribution in [0.4, 0.5) is 4.39 Å². The third kappa shape index (κ3) is 5.09. The summed E-state index contributed by atoms with van der Waals surface area (Å²) in [5.74, 6) is -1.23. The minimum absolute atomic E-state index is 0.0901. The summed E-state index contributed by atoms with van der Waals surface area (Å²) in [6, 6.07) is 12.7. The number of unbranched alkanes of at least 4 members (excludes halogenated alkanes) is 1. The SMILES string of the molecule is Cc1ccc(S(=O)(=O)N[C@@H]2C3CC(c4ccc(F)cc4)(CO3)[C@H]2C/C=C/CCCC(=O)O)cc1. The Kier molecular flexibility index (Phi) is 7.21. The number of carboxylic acids is 1. The third-order valence-corrected chi connectivity index (χ3v) is 8.50. The lowest BCUT2D eigenvalue weighted by molar-refractivity contribution is -0.137. The van der Waals surface area contributed by atoms with Crippen LogP contribution in [0, 0.1) is 18.7 Å². The molecule has 1 heterocycles. The van der Waals surface area contributed by atoms with Crippen molar-refractivity contribution in [2.75, 3.05) is 6.61 Å². The number of ether oxygens (including phenoxy) is 1. The first-order valence-corrected chi connectivity index (χ1v) is 13.0. The molecular formula is C26H30FNO5S. The number of hydrogen-bond acceptors (Lipinski definition) is 4. The fraction of sp³-hybridized carbons (Fsp3) is 0.423. The molecule has 0 spiro atoms. The molecule has 2 bridgehead atoms. The van der Waals surface area contributed by atoms with Gasteiger partial charge < -0.3 is 9.84 Å². The fourth-order valence-electron chi connectivity index (χ4n) is 5.25. The second-order valence-electron chi connectivity index (χ2n) is 9.28. The van der Waals surface area contributed by atoms with Crippen molar-refractivity contribution in [2.45, 2.75) is 61.5 Å². The molecule has 2 aromatic carbocycles. The average molecular weight is 488 g/mol. The molecule has 1 aliphatic carbocycles. The molecule has 182 valence electrons. The van der Waals surface area contributed by atoms with Crippen molar-refractivity contribution < 1.29 is 27.4 Å². The highest BCUT2D eigenvalue weighted by molar-refractivity contribution is 7.89. The summed E-state index contributed by atoms with van der Waals surface area (Å²) >= 11 is 0. The van der Waals surface area contributed by atoms with E-state index in [2.05, 4.69) is 4.72 Å². The predicted octanol–water partition coefficient (Wildman–Crippen LogP) is 4.34. The Bertz CT molecular complexity index is 1150. The van der Waals surface area contributed by atoms with E-state index in [0.717, 1.165) is 11.1 Å². The molecule has 1 saturated carbocycles. The van der Waals surface area contributed by atoms with Crippen molar-refractivity contribution in [2.24, 2.45) is 5.92 Å². The van der Waals surface area contributed by atoms with Crippen LogP contribution in [0.25, 0.3) is 0 Å². The van der Waals surface area contributed by atoms with E-state index < -0.39 is 27.4 Å². The maximum absolute atomic E-state index is 13.6. The van der Waals surface area contributed by atoms with Gasteiger partial charge in [-0.25, -0.2) is 17.5 Å². The van der Waals surface area contributed by atoms with Crippen molar-refractivity contribution in [3.05, 3.63) is 77.6 Å². The molecule has 2 N–H and O–H groups in total. The van der Waals surface area contributed by atoms with Gasteiger partial charge in [-0.2, -0.15) is 0 Å². The van der Waals surface area contributed by atoms with Gasteiger partial charge in [-0.15, -0.1) is 0 Å². The molecule has 1 saturated heterocycles. The number of carboxylic acid groups (broad SMARTS) is 1. The highest BCUT2D eigenvalue weighted by Gasteiger charge is 2.60. The van der Waals surface area contributed by atoms with Crippen molar-refractivity contribution >= 4 is 16.0 Å². The number of hydrogen-bond donors (Lipinski definition) is 2. The molecule has 8 heteroatoms. The number of sulfonamides is 1. The normalized spacial score (nSPS) is 26.4. The molecule has 2 aromatic rings. The Labute approximate surface area is 199 Å². The van der Waals surface area contributed by atoms with Gasteiger partial charge in [-0.05, 0) is 68.4 Å². The minimum atomic E-state index is -3.76. The van der Waals surface area contributed by atoms with Gasteiger partial charge in [0.2, 0.25) is 10.0 Å². The Morgan fingerprint density at radius 3 is 2.56 bits per heavy atom. The first kappa shape index (κ1) is 24.6. The molecule has 4 atom stereocenters. The number of benzene rings is 2. The standard InChI is InChI=1S/C26H30FNO5S/c1-18-8-14-21(15-9-18)34(31,32)28-25-22(6-4-2-3-5-7-24(29)30)26(16-23(25)33-17-26)19-10-12-20(27)13-11-19/h2,4,8-15,22-23,25,28H,3,5-7,16-17H2,1H3,(H,29,30)/b4-2+/t22-,23?,25-,26?/m0/s1. The molecule has 4 rings (SSSR count). The molecule has 34 heavy (non-hydrogen) atoms. The Hall–Kier alpha value is -2.55. The molecule has 2 aliphatic rings. The van der Waals surface area contributed by atoms with Crippen LogP contribution in [0.15, 0.2) is 65.6 Å². The summed E-state index contributed by atoms with van der Waals surface area (Å²) < 4.78 is 49.0. The number of carbonyl (C=O) groups is 1. The van der Waals surface area contributed by atoms with Gasteiger partial charge in [0.25, 0.3) is 0 Å². The quantitative estimate of drug-likeness (QED) is 0.384. The van der Waals surface area contributed by atoms with Gasteiger partial charge in [-0.1, -0.05) is 42.0 Å². The third-order valence-electron chi connectivity index (χ3n) is 7.02. The molecule has 0 radical (unpaired) electrons. The summed E-state index contributed by atoms with van der Waals surface area (Å²) in [6.45, 7) is 2.35. The lowest BCUT2D eigenvalue weighted by atomic mass is 9.71. The molecule has 1 aliphatic heterocycles. The first-order chi connectivity index (χ1) is 16.2. The molecular weight excluding hydrogens is 457 g/mol. The molecule has 2 unspecified atom stereocenters. The Morgan fingerprint density at radius 2 is 1.88 bits per heavy atom. The fourth-order valence-corrected chi connectivity index (χ4v) is 6.55. The molecule has 6 nitrogen and oxygen atoms in total. The number of halogens is 1. The lowest BCUT2D eigenvalue weighted by Gasteiger charge is -2.39. The number of aliphatic carboxylic acids is 1. The first-order valence-electron chi connectivity index (χ1n) is 11.5. The Morgan fingerprint density at radius 1 is 1.18 bits per heavy atom. The topological polar surface area (TPSA) is 92.7 Å². The van der Waals surface area contributed by atoms with Gasteiger partial charge >= 0.3 is 5.97 Å². The van der Waals surface area contributed by atoms with Crippen molar-refractivity contribution in [1.82, 2.24) is 4.72 Å². The maximum Gasteiger partial charge on any atom is 0.303 e. The number of aryl methyl sites for hydroxylation is 1. The van der Waals surface area contributed by atoms with E-state index in [0.29, 0.717) is 32.3 Å². The highest BCUT2D eigenvalue weighted by atomic mass is 32.2. The van der Waals surface area contributed by atoms with Crippen LogP contribution in [0.1, 0.15) is 43.2 Å². The maximum atomic E-state index is 13.6. The van der Waals surface area contributed by atoms with Gasteiger partial charge in [-0.3, -0.25) is 4.79 Å². The van der Waals surface area contributed by atoms with Gasteiger partial charge in [0.1, 0.15) is 5.82 Å². The van der Waals surface area contributed by atoms with E-state index >= 15 is 0 Å². The number of allylic oxidation sites excluding steroid dienone is 2. The average Bonchev–Trinajstić information content (AvgIpc) is 3.35. The summed E-state index contributed by atoms with van der Waals surface area (Å²) in [7, 11) is -3.76. The highest BCUT2D eigenvalue weighted by Crippen LogP contribution is 2.54. The van der Waals surface area contributed by atoms with E-state index in [1.165, 1.54) is 12.1 Å². The van der Waals surface area contributed by atoms with Crippen molar-refractivity contribution in [1.29, 1.82) is 0 Å². The van der Waals surface area contributed by atoms with E-state index in [-0.39, 0.29) is 29.2 Å². The number of nitrogens with one attached hydrogen (secondary N) is 1. The van der Waals surface area contributed by atoms with E-state index in [1.54, 1.807) is 36.4 Å². The predicted molar refractivity (Wildman–Crippen MR) is 126 cm³/mol. The van der Waals surface area contributed by atoms with Crippen LogP contribution < -0.4 is 4.72 Å². The monoisotopic (exact) mass is 487 g/mol. The summed E-state index contributed by atoms with van der Waals surface area (Å²) in [5.41, 5.74) is 1.49. The van der Waals surface area contributed by atoms with Crippen LogP contribution in [0.3, 0.4) is 0 Å². The van der Waals surface area contributed by atoms with Crippen molar-refractivity contribution in [3.63, 3.8) is 0 Å². The minimum Gasteiger partial charge on any atom is -0.481 e. The molecule has 0 amide bonds. The zero-order valence-corrected chi connectivity index (χ0v) is 19.9. The van der Waals surface area contributed by atoms with E-state index in [1.807, 2.05) is 19.1 Å². The van der Waals surface area contributed by atoms with Crippen LogP contribution >= 0.6 is 0 Å². The van der Waals surface area contributed by atoms with Crippen molar-refractivity contribution in [3.8, 4) is 0 Å². The second-order valence-corrected chi connectivity index (χ2v) is 11.0. The zero-order valence-electron chi connectivity index (χ0n) is 19.1. The van der Waals surface area contributed by atoms with Crippen LogP contribution in [-0.2, 0) is 25.0 Å². The number of fused-ring (bicyclic) bond motifs is 2. The number of rotatable bonds is 10. The largest absolute Gasteiger partial charge is 0.481 e. The van der Waals surface area contributed by atoms with E-state index in [9.17, 15) is 17.6 Å². The van der Waals surface area contributed by atoms with Crippen LogP contribution in [0.5, 0.6) is 0 Å². The second kappa shape index (κ2) is 9.98. The van der Waals surface area contributed by atoms with Crippen LogP contribution in [-0.4, -0.2) is 38.2 Å². The summed E-state index contributed by atoms with van der Waals surface area (Å²) in [4.78, 5) is 10.9. The van der Waals surface area contributed by atoms with Gasteiger partial charge in [0, 0.05) is 11.8 Å². The Balaban J connectivity index is 1.59. The van der Waals surface area contributed by atoms with E-state index in [4.69, 9.17) is 9.84 Å². The lowest BCUT2D eigenvalue weighted by Crippen LogP contribution is -2.51. The smallest absolute Gasteiger partial charge is 0.303 e. The van der Waals surface area contributed by atoms with Gasteiger partial charge in [0.05, 0.1) is 23.6 Å². The summed E-state index contributed by atoms with van der Waals surface area (Å²) in [5, 5.41) is 8.82. The molecule has 2 fully saturated rings. The summed E-state index contributed by atoms with van der Waals surface area (Å²) in [6.07, 6.45) is 6.24. The molecule has 0 aromatic heterocycles. The van der Waals surface area contributed by atoms with Gasteiger partial charge in [0.15, 0.2) is 0 Å².